The topological polar surface area (TPSA) is 48.1 Å². The van der Waals surface area contributed by atoms with Crippen molar-refractivity contribution in [2.45, 2.75) is 25.1 Å². The molecule has 29 heavy (non-hydrogen) atoms. The number of piperazine rings is 1. The highest BCUT2D eigenvalue weighted by atomic mass is 19.4. The molecule has 2 N–H and O–H groups in total. The minimum absolute atomic E-state index is 0.0639. The van der Waals surface area contributed by atoms with Crippen LogP contribution in [0.1, 0.15) is 16.7 Å². The van der Waals surface area contributed by atoms with Gasteiger partial charge in [0.2, 0.25) is 5.91 Å². The van der Waals surface area contributed by atoms with E-state index < -0.39 is 11.7 Å². The summed E-state index contributed by atoms with van der Waals surface area (Å²) in [6, 6.07) is 13.1. The third kappa shape index (κ3) is 4.15. The Morgan fingerprint density at radius 1 is 1.03 bits per heavy atom. The van der Waals surface area contributed by atoms with Gasteiger partial charge in [-0.3, -0.25) is 4.79 Å². The number of halogens is 3. The van der Waals surface area contributed by atoms with Crippen LogP contribution in [0.25, 0.3) is 10.9 Å². The molecule has 152 valence electrons. The lowest BCUT2D eigenvalue weighted by molar-refractivity contribution is -0.138. The van der Waals surface area contributed by atoms with Crippen molar-refractivity contribution in [1.29, 1.82) is 0 Å². The van der Waals surface area contributed by atoms with Crippen molar-refractivity contribution in [2.24, 2.45) is 0 Å². The Labute approximate surface area is 166 Å². The van der Waals surface area contributed by atoms with Crippen molar-refractivity contribution in [1.82, 2.24) is 15.2 Å². The number of hydrogen-bond donors (Lipinski definition) is 2. The summed E-state index contributed by atoms with van der Waals surface area (Å²) in [4.78, 5) is 17.8. The smallest absolute Gasteiger partial charge is 0.361 e. The molecule has 1 saturated heterocycles. The van der Waals surface area contributed by atoms with Crippen LogP contribution in [0.3, 0.4) is 0 Å². The third-order valence-corrected chi connectivity index (χ3v) is 5.46. The number of carbonyl (C=O) groups excluding carboxylic acids is 1. The second-order valence-corrected chi connectivity index (χ2v) is 7.30. The third-order valence-electron chi connectivity index (χ3n) is 5.46. The Bertz CT molecular complexity index is 1010. The molecule has 7 heteroatoms. The molecule has 0 saturated carbocycles. The van der Waals surface area contributed by atoms with Gasteiger partial charge in [-0.2, -0.15) is 13.2 Å². The molecule has 4 rings (SSSR count). The van der Waals surface area contributed by atoms with Gasteiger partial charge in [0, 0.05) is 36.7 Å². The number of fused-ring (bicyclic) bond motifs is 1. The van der Waals surface area contributed by atoms with Gasteiger partial charge < -0.3 is 15.2 Å². The largest absolute Gasteiger partial charge is 0.416 e. The summed E-state index contributed by atoms with van der Waals surface area (Å²) >= 11 is 0. The van der Waals surface area contributed by atoms with Gasteiger partial charge in [-0.15, -0.1) is 0 Å². The number of para-hydroxylation sites is 1. The molecule has 0 radical (unpaired) electrons. The van der Waals surface area contributed by atoms with E-state index in [1.807, 2.05) is 30.5 Å². The Balaban J connectivity index is 1.44. The Kier molecular flexibility index (Phi) is 5.32. The molecule has 0 aliphatic carbocycles. The minimum Gasteiger partial charge on any atom is -0.361 e. The maximum Gasteiger partial charge on any atom is 0.416 e. The maximum atomic E-state index is 13.2. The maximum absolute atomic E-state index is 13.2. The molecule has 1 atom stereocenters. The fraction of sp³-hybridized carbons (Fsp3) is 0.318. The molecule has 1 fully saturated rings. The zero-order valence-electron chi connectivity index (χ0n) is 15.8. The molecule has 3 aromatic rings. The Morgan fingerprint density at radius 2 is 1.79 bits per heavy atom. The van der Waals surface area contributed by atoms with Gasteiger partial charge in [-0.05, 0) is 36.1 Å². The first-order valence-electron chi connectivity index (χ1n) is 9.66. The van der Waals surface area contributed by atoms with E-state index in [9.17, 15) is 18.0 Å². The summed E-state index contributed by atoms with van der Waals surface area (Å²) in [5.74, 6) is -0.0639. The van der Waals surface area contributed by atoms with E-state index in [1.165, 1.54) is 12.1 Å². The van der Waals surface area contributed by atoms with E-state index >= 15 is 0 Å². The molecule has 1 amide bonds. The standard InChI is InChI=1S/C22H22F3N3O/c23-22(24,25)18-7-3-1-5-15(18)9-11-28-12-10-26-20(21(28)29)13-16-14-27-19-8-4-2-6-17(16)19/h1-8,14,20,26-27H,9-13H2/t20-/m1/s1. The van der Waals surface area contributed by atoms with Crippen LogP contribution in [-0.2, 0) is 23.8 Å². The predicted octanol–water partition coefficient (Wildman–Crippen LogP) is 3.77. The number of hydrogen-bond acceptors (Lipinski definition) is 2. The summed E-state index contributed by atoms with van der Waals surface area (Å²) < 4.78 is 39.6. The van der Waals surface area contributed by atoms with Crippen LogP contribution in [-0.4, -0.2) is 41.5 Å². The quantitative estimate of drug-likeness (QED) is 0.684. The van der Waals surface area contributed by atoms with Crippen molar-refractivity contribution in [3.8, 4) is 0 Å². The summed E-state index contributed by atoms with van der Waals surface area (Å²) in [5.41, 5.74) is 1.67. The monoisotopic (exact) mass is 401 g/mol. The number of H-pyrrole nitrogens is 1. The lowest BCUT2D eigenvalue weighted by atomic mass is 10.0. The van der Waals surface area contributed by atoms with Gasteiger partial charge in [0.25, 0.3) is 0 Å². The van der Waals surface area contributed by atoms with E-state index in [4.69, 9.17) is 0 Å². The molecule has 0 bridgehead atoms. The van der Waals surface area contributed by atoms with Crippen molar-refractivity contribution < 1.29 is 18.0 Å². The highest BCUT2D eigenvalue weighted by Gasteiger charge is 2.33. The second kappa shape index (κ2) is 7.91. The van der Waals surface area contributed by atoms with E-state index in [1.54, 1.807) is 11.0 Å². The number of alkyl halides is 3. The first-order valence-corrected chi connectivity index (χ1v) is 9.66. The number of benzene rings is 2. The number of rotatable bonds is 5. The van der Waals surface area contributed by atoms with E-state index in [-0.39, 0.29) is 30.5 Å². The van der Waals surface area contributed by atoms with Crippen molar-refractivity contribution in [3.63, 3.8) is 0 Å². The van der Waals surface area contributed by atoms with Crippen molar-refractivity contribution in [3.05, 3.63) is 71.4 Å². The zero-order valence-corrected chi connectivity index (χ0v) is 15.8. The van der Waals surface area contributed by atoms with Gasteiger partial charge in [0.15, 0.2) is 0 Å². The molecule has 1 aromatic heterocycles. The first-order chi connectivity index (χ1) is 13.9. The normalized spacial score (nSPS) is 17.8. The molecule has 0 unspecified atom stereocenters. The summed E-state index contributed by atoms with van der Waals surface area (Å²) in [6.45, 7) is 1.40. The summed E-state index contributed by atoms with van der Waals surface area (Å²) in [6.07, 6.45) is -1.75. The average Bonchev–Trinajstić information content (AvgIpc) is 3.11. The van der Waals surface area contributed by atoms with Crippen LogP contribution < -0.4 is 5.32 Å². The molecule has 0 spiro atoms. The second-order valence-electron chi connectivity index (χ2n) is 7.30. The average molecular weight is 401 g/mol. The minimum atomic E-state index is -4.39. The highest BCUT2D eigenvalue weighted by Crippen LogP contribution is 2.32. The molecule has 1 aliphatic rings. The molecule has 2 heterocycles. The van der Waals surface area contributed by atoms with Gasteiger partial charge >= 0.3 is 6.18 Å². The lowest BCUT2D eigenvalue weighted by Gasteiger charge is -2.33. The highest BCUT2D eigenvalue weighted by molar-refractivity contribution is 5.86. The number of aromatic amines is 1. The van der Waals surface area contributed by atoms with E-state index in [0.29, 0.717) is 19.5 Å². The van der Waals surface area contributed by atoms with Crippen LogP contribution in [0.2, 0.25) is 0 Å². The zero-order chi connectivity index (χ0) is 20.4. The van der Waals surface area contributed by atoms with Crippen LogP contribution in [0.4, 0.5) is 13.2 Å². The molecule has 1 aliphatic heterocycles. The number of amides is 1. The van der Waals surface area contributed by atoms with Crippen molar-refractivity contribution >= 4 is 16.8 Å². The van der Waals surface area contributed by atoms with Crippen LogP contribution in [0.5, 0.6) is 0 Å². The lowest BCUT2D eigenvalue weighted by Crippen LogP contribution is -2.56. The van der Waals surface area contributed by atoms with Gasteiger partial charge in [-0.1, -0.05) is 36.4 Å². The SMILES string of the molecule is O=C1[C@@H](Cc2c[nH]c3ccccc23)NCCN1CCc1ccccc1C(F)(F)F. The number of carbonyl (C=O) groups is 1. The molecular weight excluding hydrogens is 379 g/mol. The molecular formula is C22H22F3N3O. The van der Waals surface area contributed by atoms with Crippen molar-refractivity contribution in [2.75, 3.05) is 19.6 Å². The fourth-order valence-corrected chi connectivity index (χ4v) is 3.96. The number of nitrogens with zero attached hydrogens (tertiary/aromatic N) is 1. The van der Waals surface area contributed by atoms with Gasteiger partial charge in [0.05, 0.1) is 11.6 Å². The van der Waals surface area contributed by atoms with E-state index in [0.717, 1.165) is 22.5 Å². The molecule has 2 aromatic carbocycles. The van der Waals surface area contributed by atoms with Gasteiger partial charge in [-0.25, -0.2) is 0 Å². The predicted molar refractivity (Wildman–Crippen MR) is 106 cm³/mol. The van der Waals surface area contributed by atoms with E-state index in [2.05, 4.69) is 10.3 Å². The Morgan fingerprint density at radius 3 is 2.62 bits per heavy atom. The summed E-state index contributed by atoms with van der Waals surface area (Å²) in [5, 5.41) is 4.33. The van der Waals surface area contributed by atoms with Crippen LogP contribution in [0.15, 0.2) is 54.7 Å². The summed E-state index contributed by atoms with van der Waals surface area (Å²) in [7, 11) is 0. The van der Waals surface area contributed by atoms with Crippen LogP contribution in [0, 0.1) is 0 Å². The molecule has 4 nitrogen and oxygen atoms in total. The van der Waals surface area contributed by atoms with Crippen LogP contribution >= 0.6 is 0 Å². The van der Waals surface area contributed by atoms with Gasteiger partial charge in [0.1, 0.15) is 0 Å². The number of aromatic nitrogens is 1. The number of nitrogens with one attached hydrogen (secondary N) is 2. The first kappa shape index (κ1) is 19.5. The Hall–Kier alpha value is -2.80. The fourth-order valence-electron chi connectivity index (χ4n) is 3.96.